The van der Waals surface area contributed by atoms with Crippen LogP contribution in [0, 0.1) is 6.08 Å². The van der Waals surface area contributed by atoms with Crippen LogP contribution in [0.15, 0.2) is 36.4 Å². The number of benzene rings is 1. The molecule has 0 aliphatic heterocycles. The van der Waals surface area contributed by atoms with E-state index in [2.05, 4.69) is 49.4 Å². The summed E-state index contributed by atoms with van der Waals surface area (Å²) in [7, 11) is 0. The second-order valence-corrected chi connectivity index (χ2v) is 3.60. The van der Waals surface area contributed by atoms with Gasteiger partial charge in [0, 0.05) is 32.7 Å². The molecule has 1 radical (unpaired) electrons. The molecule has 1 aliphatic carbocycles. The zero-order chi connectivity index (χ0) is 9.80. The van der Waals surface area contributed by atoms with E-state index < -0.39 is 0 Å². The molecule has 0 spiro atoms. The van der Waals surface area contributed by atoms with E-state index in [1.807, 2.05) is 0 Å². The fraction of sp³-hybridized carbons (Fsp3) is 0.286. The third-order valence-corrected chi connectivity index (χ3v) is 2.58. The monoisotopic (exact) mass is 272 g/mol. The van der Waals surface area contributed by atoms with Crippen LogP contribution < -0.4 is 0 Å². The molecule has 0 saturated heterocycles. The van der Waals surface area contributed by atoms with Gasteiger partial charge in [-0.3, -0.25) is 6.08 Å². The zero-order valence-electron chi connectivity index (χ0n) is 9.16. The summed E-state index contributed by atoms with van der Waals surface area (Å²) in [6.07, 6.45) is 11.0. The van der Waals surface area contributed by atoms with Crippen molar-refractivity contribution in [3.05, 3.63) is 53.6 Å². The molecule has 0 saturated carbocycles. The average Bonchev–Trinajstić information content (AvgIpc) is 2.30. The molecule has 15 heavy (non-hydrogen) atoms. The van der Waals surface area contributed by atoms with Crippen LogP contribution in [0.2, 0.25) is 0 Å². The minimum Gasteiger partial charge on any atom is -0.274 e. The predicted octanol–water partition coefficient (Wildman–Crippen LogP) is 3.78. The maximum absolute atomic E-state index is 3.28. The Bertz CT molecular complexity index is 375. The van der Waals surface area contributed by atoms with Gasteiger partial charge < -0.3 is 0 Å². The van der Waals surface area contributed by atoms with Gasteiger partial charge >= 0.3 is 0 Å². The summed E-state index contributed by atoms with van der Waals surface area (Å²) in [6, 6.07) is 8.77. The van der Waals surface area contributed by atoms with Crippen LogP contribution in [0.5, 0.6) is 0 Å². The van der Waals surface area contributed by atoms with Gasteiger partial charge in [-0.1, -0.05) is 37.6 Å². The summed E-state index contributed by atoms with van der Waals surface area (Å²) in [5.41, 5.74) is 4.06. The molecular formula is C14H15Y-. The first-order chi connectivity index (χ1) is 6.90. The van der Waals surface area contributed by atoms with Crippen molar-refractivity contribution < 1.29 is 32.7 Å². The fourth-order valence-electron chi connectivity index (χ4n) is 1.72. The van der Waals surface area contributed by atoms with E-state index in [0.29, 0.717) is 0 Å². The second-order valence-electron chi connectivity index (χ2n) is 3.60. The fourth-order valence-corrected chi connectivity index (χ4v) is 1.72. The second kappa shape index (κ2) is 6.40. The van der Waals surface area contributed by atoms with Crippen LogP contribution in [0.3, 0.4) is 0 Å². The first-order valence-corrected chi connectivity index (χ1v) is 5.26. The maximum Gasteiger partial charge on any atom is 0 e. The Morgan fingerprint density at radius 2 is 2.20 bits per heavy atom. The molecule has 0 fully saturated rings. The molecule has 1 aliphatic rings. The SMILES string of the molecule is CCc1cccc(C2=CCC[C-]=C2)c1.[Y]. The van der Waals surface area contributed by atoms with Gasteiger partial charge in [0.15, 0.2) is 0 Å². The van der Waals surface area contributed by atoms with E-state index in [4.69, 9.17) is 0 Å². The molecule has 0 aromatic heterocycles. The first kappa shape index (κ1) is 12.9. The summed E-state index contributed by atoms with van der Waals surface area (Å²) in [5.74, 6) is 0. The average molecular weight is 272 g/mol. The summed E-state index contributed by atoms with van der Waals surface area (Å²) < 4.78 is 0. The third kappa shape index (κ3) is 3.39. The molecule has 1 heteroatoms. The molecule has 0 N–H and O–H groups in total. The van der Waals surface area contributed by atoms with Crippen LogP contribution in [-0.2, 0) is 39.1 Å². The van der Waals surface area contributed by atoms with Gasteiger partial charge in [-0.05, 0) is 12.0 Å². The normalized spacial score (nSPS) is 14.3. The largest absolute Gasteiger partial charge is 0.274 e. The van der Waals surface area contributed by atoms with E-state index in [9.17, 15) is 0 Å². The molecule has 0 atom stereocenters. The summed E-state index contributed by atoms with van der Waals surface area (Å²) in [6.45, 7) is 2.19. The van der Waals surface area contributed by atoms with E-state index in [0.717, 1.165) is 19.3 Å². The molecule has 2 rings (SSSR count). The molecule has 0 nitrogen and oxygen atoms in total. The molecule has 0 unspecified atom stereocenters. The van der Waals surface area contributed by atoms with Gasteiger partial charge in [-0.25, -0.2) is 6.08 Å². The Kier molecular flexibility index (Phi) is 5.49. The standard InChI is InChI=1S/C14H15.Y/c1-2-12-7-6-10-14(11-12)13-8-4-3-5-9-13;/h6-11H,2-4H2,1H3;/q-1;. The molecule has 1 aromatic rings. The summed E-state index contributed by atoms with van der Waals surface area (Å²) in [5, 5.41) is 0. The van der Waals surface area contributed by atoms with Gasteiger partial charge in [0.2, 0.25) is 0 Å². The molecule has 1 aromatic carbocycles. The number of hydrogen-bond acceptors (Lipinski definition) is 0. The molecule has 0 amide bonds. The van der Waals surface area contributed by atoms with E-state index in [1.165, 1.54) is 16.7 Å². The van der Waals surface area contributed by atoms with Crippen molar-refractivity contribution in [2.75, 3.05) is 0 Å². The van der Waals surface area contributed by atoms with Crippen molar-refractivity contribution in [2.24, 2.45) is 0 Å². The van der Waals surface area contributed by atoms with Crippen LogP contribution in [0.25, 0.3) is 5.57 Å². The van der Waals surface area contributed by atoms with E-state index in [-0.39, 0.29) is 32.7 Å². The molecule has 0 bridgehead atoms. The Morgan fingerprint density at radius 3 is 2.87 bits per heavy atom. The van der Waals surface area contributed by atoms with Gasteiger partial charge in [0.1, 0.15) is 0 Å². The Morgan fingerprint density at radius 1 is 1.33 bits per heavy atom. The minimum absolute atomic E-state index is 0. The molecule has 0 heterocycles. The van der Waals surface area contributed by atoms with Crippen molar-refractivity contribution in [1.29, 1.82) is 0 Å². The van der Waals surface area contributed by atoms with Crippen LogP contribution >= 0.6 is 0 Å². The smallest absolute Gasteiger partial charge is 0 e. The first-order valence-electron chi connectivity index (χ1n) is 5.26. The Hall–Kier alpha value is -0.196. The predicted molar refractivity (Wildman–Crippen MR) is 60.8 cm³/mol. The van der Waals surface area contributed by atoms with Crippen LogP contribution in [0.1, 0.15) is 30.9 Å². The Balaban J connectivity index is 0.00000112. The van der Waals surface area contributed by atoms with Crippen molar-refractivity contribution in [3.8, 4) is 0 Å². The number of allylic oxidation sites excluding steroid dienone is 4. The van der Waals surface area contributed by atoms with Crippen molar-refractivity contribution >= 4 is 5.57 Å². The van der Waals surface area contributed by atoms with Gasteiger partial charge in [0.05, 0.1) is 0 Å². The van der Waals surface area contributed by atoms with E-state index in [1.54, 1.807) is 0 Å². The van der Waals surface area contributed by atoms with Gasteiger partial charge in [-0.15, -0.1) is 12.0 Å². The number of aryl methyl sites for hydroxylation is 1. The zero-order valence-corrected chi connectivity index (χ0v) is 12.0. The van der Waals surface area contributed by atoms with Crippen molar-refractivity contribution in [3.63, 3.8) is 0 Å². The number of rotatable bonds is 2. The summed E-state index contributed by atoms with van der Waals surface area (Å²) >= 11 is 0. The molecular weight excluding hydrogens is 257 g/mol. The third-order valence-electron chi connectivity index (χ3n) is 2.58. The van der Waals surface area contributed by atoms with E-state index >= 15 is 0 Å². The summed E-state index contributed by atoms with van der Waals surface area (Å²) in [4.78, 5) is 0. The maximum atomic E-state index is 3.28. The van der Waals surface area contributed by atoms with Crippen LogP contribution in [-0.4, -0.2) is 0 Å². The quantitative estimate of drug-likeness (QED) is 0.719. The minimum atomic E-state index is 0. The van der Waals surface area contributed by atoms with Crippen molar-refractivity contribution in [2.45, 2.75) is 26.2 Å². The van der Waals surface area contributed by atoms with Gasteiger partial charge in [-0.2, -0.15) is 11.6 Å². The topological polar surface area (TPSA) is 0 Å². The van der Waals surface area contributed by atoms with Crippen LogP contribution in [0.4, 0.5) is 0 Å². The van der Waals surface area contributed by atoms with Crippen molar-refractivity contribution in [1.82, 2.24) is 0 Å². The number of hydrogen-bond donors (Lipinski definition) is 0. The Labute approximate surface area is 117 Å². The molecule has 75 valence electrons. The van der Waals surface area contributed by atoms with Gasteiger partial charge in [0.25, 0.3) is 0 Å².